The van der Waals surface area contributed by atoms with Crippen molar-refractivity contribution in [2.45, 2.75) is 62.8 Å². The van der Waals surface area contributed by atoms with E-state index in [1.807, 2.05) is 0 Å². The van der Waals surface area contributed by atoms with Gasteiger partial charge in [0.2, 0.25) is 0 Å². The van der Waals surface area contributed by atoms with Crippen LogP contribution in [0.4, 0.5) is 0 Å². The Labute approximate surface area is 104 Å². The molecule has 1 aliphatic carbocycles. The van der Waals surface area contributed by atoms with Crippen LogP contribution in [0, 0.1) is 5.41 Å². The number of hydrogen-bond acceptors (Lipinski definition) is 0. The third-order valence-electron chi connectivity index (χ3n) is 2.86. The molecule has 16 heavy (non-hydrogen) atoms. The molecule has 0 radical (unpaired) electrons. The Balaban J connectivity index is -0.000000422. The third-order valence-corrected chi connectivity index (χ3v) is 2.86. The molecule has 0 unspecified atom stereocenters. The molecule has 0 bridgehead atoms. The van der Waals surface area contributed by atoms with Crippen molar-refractivity contribution in [1.82, 2.24) is 0 Å². The molecule has 96 valence electrons. The van der Waals surface area contributed by atoms with Gasteiger partial charge in [0.05, 0.1) is 0 Å². The molecule has 0 heteroatoms. The van der Waals surface area contributed by atoms with Crippen LogP contribution in [0.25, 0.3) is 0 Å². The zero-order valence-corrected chi connectivity index (χ0v) is 7.93. The molecular formula is C16H32. The van der Waals surface area contributed by atoms with Crippen LogP contribution in [-0.4, -0.2) is 0 Å². The number of hydrogen-bond donors (Lipinski definition) is 0. The van der Waals surface area contributed by atoms with E-state index in [4.69, 9.17) is 0 Å². The first-order valence-corrected chi connectivity index (χ1v) is 4.74. The monoisotopic (exact) mass is 224 g/mol. The molecule has 0 heterocycles. The van der Waals surface area contributed by atoms with Crippen LogP contribution in [0.5, 0.6) is 0 Å². The molecule has 0 aromatic heterocycles. The Morgan fingerprint density at radius 3 is 1.94 bits per heavy atom. The lowest BCUT2D eigenvalue weighted by Crippen LogP contribution is -2.21. The fraction of sp³-hybridized carbons (Fsp3) is 0.625. The first-order valence-electron chi connectivity index (χ1n) is 4.74. The predicted octanol–water partition coefficient (Wildman–Crippen LogP) is 5.75. The Morgan fingerprint density at radius 1 is 0.875 bits per heavy atom. The fourth-order valence-electron chi connectivity index (χ4n) is 2.05. The van der Waals surface area contributed by atoms with Crippen molar-refractivity contribution in [3.8, 4) is 0 Å². The first kappa shape index (κ1) is 20.6. The second kappa shape index (κ2) is 7.49. The fourth-order valence-corrected chi connectivity index (χ4v) is 2.05. The summed E-state index contributed by atoms with van der Waals surface area (Å²) in [5, 5.41) is 0. The third kappa shape index (κ3) is 4.38. The smallest absolute Gasteiger partial charge is 0.0224 e. The summed E-state index contributed by atoms with van der Waals surface area (Å²) in [7, 11) is 0. The summed E-state index contributed by atoms with van der Waals surface area (Å²) in [6, 6.07) is 8.85. The molecule has 0 aliphatic heterocycles. The molecule has 2 rings (SSSR count). The van der Waals surface area contributed by atoms with Gasteiger partial charge in [0.1, 0.15) is 0 Å². The molecule has 0 saturated heterocycles. The summed E-state index contributed by atoms with van der Waals surface area (Å²) >= 11 is 0. The van der Waals surface area contributed by atoms with Crippen molar-refractivity contribution in [3.63, 3.8) is 0 Å². The second-order valence-corrected chi connectivity index (χ2v) is 4.61. The molecule has 1 aromatic rings. The Morgan fingerprint density at radius 2 is 1.38 bits per heavy atom. The largest absolute Gasteiger partial charge is 0.0776 e. The minimum atomic E-state index is 0. The highest BCUT2D eigenvalue weighted by molar-refractivity contribution is 5.30. The first-order chi connectivity index (χ1) is 5.67. The minimum Gasteiger partial charge on any atom is -0.0776 e. The highest BCUT2D eigenvalue weighted by atomic mass is 14.3. The van der Waals surface area contributed by atoms with Crippen LogP contribution in [-0.2, 0) is 12.8 Å². The average molecular weight is 224 g/mol. The van der Waals surface area contributed by atoms with Crippen LogP contribution in [0.1, 0.15) is 61.1 Å². The van der Waals surface area contributed by atoms with E-state index in [1.165, 1.54) is 19.3 Å². The van der Waals surface area contributed by atoms with Gasteiger partial charge in [0.25, 0.3) is 0 Å². The molecule has 0 amide bonds. The summed E-state index contributed by atoms with van der Waals surface area (Å²) in [4.78, 5) is 0. The number of benzene rings is 1. The van der Waals surface area contributed by atoms with Crippen molar-refractivity contribution < 1.29 is 0 Å². The Bertz CT molecular complexity index is 284. The lowest BCUT2D eigenvalue weighted by Gasteiger charge is -2.31. The van der Waals surface area contributed by atoms with E-state index in [2.05, 4.69) is 38.1 Å². The van der Waals surface area contributed by atoms with Gasteiger partial charge in [-0.1, -0.05) is 67.8 Å². The van der Waals surface area contributed by atoms with E-state index in [1.54, 1.807) is 11.1 Å². The van der Waals surface area contributed by atoms with Crippen LogP contribution >= 0.6 is 0 Å². The molecule has 0 saturated carbocycles. The molecule has 0 N–H and O–H groups in total. The number of aryl methyl sites for hydroxylation is 1. The van der Waals surface area contributed by atoms with E-state index in [9.17, 15) is 0 Å². The van der Waals surface area contributed by atoms with Gasteiger partial charge in [-0.25, -0.2) is 0 Å². The zero-order valence-electron chi connectivity index (χ0n) is 7.93. The van der Waals surface area contributed by atoms with Gasteiger partial charge in [-0.15, -0.1) is 0 Å². The molecule has 0 spiro atoms. The molecule has 0 nitrogen and oxygen atoms in total. The summed E-state index contributed by atoms with van der Waals surface area (Å²) < 4.78 is 0. The lowest BCUT2D eigenvalue weighted by atomic mass is 9.74. The van der Waals surface area contributed by atoms with Gasteiger partial charge in [-0.3, -0.25) is 0 Å². The van der Waals surface area contributed by atoms with Crippen molar-refractivity contribution >= 4 is 0 Å². The van der Waals surface area contributed by atoms with Gasteiger partial charge >= 0.3 is 0 Å². The SMILES string of the molecule is C.C.C.C.CC1(C)CCc2ccccc2C1. The molecule has 0 atom stereocenters. The highest BCUT2D eigenvalue weighted by Gasteiger charge is 2.24. The highest BCUT2D eigenvalue weighted by Crippen LogP contribution is 2.34. The van der Waals surface area contributed by atoms with Gasteiger partial charge in [0, 0.05) is 0 Å². The average Bonchev–Trinajstić information content (AvgIpc) is 2.02. The van der Waals surface area contributed by atoms with Crippen molar-refractivity contribution in [3.05, 3.63) is 35.4 Å². The van der Waals surface area contributed by atoms with Gasteiger partial charge < -0.3 is 0 Å². The van der Waals surface area contributed by atoms with Gasteiger partial charge in [-0.05, 0) is 35.8 Å². The van der Waals surface area contributed by atoms with E-state index >= 15 is 0 Å². The lowest BCUT2D eigenvalue weighted by molar-refractivity contribution is 0.315. The maximum Gasteiger partial charge on any atom is -0.0224 e. The topological polar surface area (TPSA) is 0 Å². The normalized spacial score (nSPS) is 15.1. The van der Waals surface area contributed by atoms with Crippen LogP contribution < -0.4 is 0 Å². The quantitative estimate of drug-likeness (QED) is 0.526. The van der Waals surface area contributed by atoms with E-state index in [0.717, 1.165) is 0 Å². The summed E-state index contributed by atoms with van der Waals surface area (Å²) in [6.07, 6.45) is 3.86. The molecule has 1 aliphatic rings. The molecule has 0 fully saturated rings. The van der Waals surface area contributed by atoms with Crippen molar-refractivity contribution in [2.24, 2.45) is 5.41 Å². The maximum absolute atomic E-state index is 2.36. The van der Waals surface area contributed by atoms with E-state index in [0.29, 0.717) is 5.41 Å². The van der Waals surface area contributed by atoms with Crippen LogP contribution in [0.3, 0.4) is 0 Å². The summed E-state index contributed by atoms with van der Waals surface area (Å²) in [5.41, 5.74) is 3.65. The van der Waals surface area contributed by atoms with Crippen LogP contribution in [0.15, 0.2) is 24.3 Å². The predicted molar refractivity (Wildman–Crippen MR) is 79.2 cm³/mol. The number of rotatable bonds is 0. The second-order valence-electron chi connectivity index (χ2n) is 4.61. The van der Waals surface area contributed by atoms with Crippen LogP contribution in [0.2, 0.25) is 0 Å². The minimum absolute atomic E-state index is 0. The van der Waals surface area contributed by atoms with Gasteiger partial charge in [-0.2, -0.15) is 0 Å². The molecular weight excluding hydrogens is 192 g/mol. The van der Waals surface area contributed by atoms with E-state index in [-0.39, 0.29) is 29.7 Å². The van der Waals surface area contributed by atoms with Gasteiger partial charge in [0.15, 0.2) is 0 Å². The maximum atomic E-state index is 2.36. The standard InChI is InChI=1S/C12H16.4CH4/c1-12(2)8-7-10-5-3-4-6-11(10)9-12;;;;/h3-6H,7-9H2,1-2H3;4*1H4. The number of fused-ring (bicyclic) bond motifs is 1. The molecule has 1 aromatic carbocycles. The van der Waals surface area contributed by atoms with E-state index < -0.39 is 0 Å². The summed E-state index contributed by atoms with van der Waals surface area (Å²) in [6.45, 7) is 4.73. The Hall–Kier alpha value is -0.780. The van der Waals surface area contributed by atoms with Crippen molar-refractivity contribution in [1.29, 1.82) is 0 Å². The summed E-state index contributed by atoms with van der Waals surface area (Å²) in [5.74, 6) is 0. The Kier molecular flexibility index (Phi) is 9.64. The van der Waals surface area contributed by atoms with Crippen molar-refractivity contribution in [2.75, 3.05) is 0 Å². The zero-order chi connectivity index (χ0) is 8.60.